The zero-order valence-corrected chi connectivity index (χ0v) is 13.0. The third-order valence-corrected chi connectivity index (χ3v) is 4.58. The van der Waals surface area contributed by atoms with Crippen molar-refractivity contribution in [2.75, 3.05) is 19.0 Å². The van der Waals surface area contributed by atoms with Gasteiger partial charge in [-0.25, -0.2) is 4.98 Å². The van der Waals surface area contributed by atoms with Crippen LogP contribution in [-0.2, 0) is 6.42 Å². The number of benzene rings is 2. The van der Waals surface area contributed by atoms with Gasteiger partial charge in [-0.3, -0.25) is 0 Å². The second-order valence-electron chi connectivity index (χ2n) is 4.87. The van der Waals surface area contributed by atoms with E-state index in [4.69, 9.17) is 4.74 Å². The van der Waals surface area contributed by atoms with E-state index in [-0.39, 0.29) is 0 Å². The minimum atomic E-state index is 0.673. The van der Waals surface area contributed by atoms with Gasteiger partial charge in [0.25, 0.3) is 0 Å². The average molecular weight is 298 g/mol. The van der Waals surface area contributed by atoms with Gasteiger partial charge >= 0.3 is 0 Å². The SMILES string of the molecule is CNc1ccc(OCCc2scnc2C)c2ccccc12. The number of nitrogens with zero attached hydrogens (tertiary/aromatic N) is 1. The van der Waals surface area contributed by atoms with Crippen molar-refractivity contribution in [3.8, 4) is 5.75 Å². The molecular formula is C17H18N2OS. The van der Waals surface area contributed by atoms with Gasteiger partial charge in [0.1, 0.15) is 5.75 Å². The standard InChI is InChI=1S/C17H18N2OS/c1-12-17(21-11-19-12)9-10-20-16-8-7-15(18-2)13-5-3-4-6-14(13)16/h3-8,11,18H,9-10H2,1-2H3. The second kappa shape index (κ2) is 6.14. The lowest BCUT2D eigenvalue weighted by molar-refractivity contribution is 0.326. The fourth-order valence-electron chi connectivity index (χ4n) is 2.44. The molecule has 0 saturated carbocycles. The first-order valence-corrected chi connectivity index (χ1v) is 7.89. The van der Waals surface area contributed by atoms with Crippen molar-refractivity contribution in [1.82, 2.24) is 4.98 Å². The molecule has 0 fully saturated rings. The molecule has 0 saturated heterocycles. The number of aryl methyl sites for hydroxylation is 1. The predicted molar refractivity (Wildman–Crippen MR) is 89.5 cm³/mol. The maximum atomic E-state index is 6.00. The van der Waals surface area contributed by atoms with Crippen LogP contribution in [0, 0.1) is 6.92 Å². The van der Waals surface area contributed by atoms with Crippen LogP contribution < -0.4 is 10.1 Å². The van der Waals surface area contributed by atoms with Crippen molar-refractivity contribution in [3.63, 3.8) is 0 Å². The first-order chi connectivity index (χ1) is 10.3. The fourth-order valence-corrected chi connectivity index (χ4v) is 3.20. The summed E-state index contributed by atoms with van der Waals surface area (Å²) < 4.78 is 6.00. The van der Waals surface area contributed by atoms with Crippen molar-refractivity contribution in [1.29, 1.82) is 0 Å². The Kier molecular flexibility index (Phi) is 4.06. The number of anilines is 1. The maximum absolute atomic E-state index is 6.00. The van der Waals surface area contributed by atoms with E-state index in [1.165, 1.54) is 10.3 Å². The van der Waals surface area contributed by atoms with Gasteiger partial charge in [0.05, 0.1) is 17.8 Å². The van der Waals surface area contributed by atoms with E-state index in [2.05, 4.69) is 28.5 Å². The number of rotatable bonds is 5. The van der Waals surface area contributed by atoms with Crippen LogP contribution in [0.4, 0.5) is 5.69 Å². The molecule has 0 bridgehead atoms. The molecule has 0 aliphatic heterocycles. The van der Waals surface area contributed by atoms with Gasteiger partial charge in [-0.1, -0.05) is 24.3 Å². The second-order valence-corrected chi connectivity index (χ2v) is 5.81. The van der Waals surface area contributed by atoms with Crippen LogP contribution in [0.25, 0.3) is 10.8 Å². The zero-order valence-electron chi connectivity index (χ0n) is 12.2. The van der Waals surface area contributed by atoms with Crippen LogP contribution in [0.15, 0.2) is 41.9 Å². The van der Waals surface area contributed by atoms with Gasteiger partial charge in [-0.2, -0.15) is 0 Å². The lowest BCUT2D eigenvalue weighted by Crippen LogP contribution is -2.02. The monoisotopic (exact) mass is 298 g/mol. The van der Waals surface area contributed by atoms with E-state index in [0.29, 0.717) is 6.61 Å². The summed E-state index contributed by atoms with van der Waals surface area (Å²) in [4.78, 5) is 5.57. The van der Waals surface area contributed by atoms with E-state index in [1.807, 2.05) is 37.7 Å². The van der Waals surface area contributed by atoms with E-state index in [1.54, 1.807) is 11.3 Å². The smallest absolute Gasteiger partial charge is 0.127 e. The summed E-state index contributed by atoms with van der Waals surface area (Å²) in [5.74, 6) is 0.937. The van der Waals surface area contributed by atoms with Crippen molar-refractivity contribution >= 4 is 27.8 Å². The van der Waals surface area contributed by atoms with Gasteiger partial charge in [-0.05, 0) is 19.1 Å². The molecule has 1 N–H and O–H groups in total. The normalized spacial score (nSPS) is 10.8. The van der Waals surface area contributed by atoms with Gasteiger partial charge in [0.15, 0.2) is 0 Å². The Morgan fingerprint density at radius 2 is 1.95 bits per heavy atom. The van der Waals surface area contributed by atoms with Crippen molar-refractivity contribution in [3.05, 3.63) is 52.5 Å². The van der Waals surface area contributed by atoms with E-state index >= 15 is 0 Å². The molecule has 0 amide bonds. The van der Waals surface area contributed by atoms with Gasteiger partial charge in [0, 0.05) is 34.8 Å². The lowest BCUT2D eigenvalue weighted by atomic mass is 10.1. The van der Waals surface area contributed by atoms with E-state index < -0.39 is 0 Å². The first kappa shape index (κ1) is 13.9. The molecule has 0 unspecified atom stereocenters. The molecule has 0 aliphatic carbocycles. The zero-order chi connectivity index (χ0) is 14.7. The van der Waals surface area contributed by atoms with Crippen molar-refractivity contribution in [2.45, 2.75) is 13.3 Å². The molecular weight excluding hydrogens is 280 g/mol. The Bertz CT molecular complexity index is 751. The number of aromatic nitrogens is 1. The van der Waals surface area contributed by atoms with Gasteiger partial charge in [0.2, 0.25) is 0 Å². The predicted octanol–water partition coefficient (Wildman–Crippen LogP) is 4.27. The molecule has 3 rings (SSSR count). The van der Waals surface area contributed by atoms with E-state index in [9.17, 15) is 0 Å². The molecule has 108 valence electrons. The van der Waals surface area contributed by atoms with Crippen LogP contribution in [0.2, 0.25) is 0 Å². The number of fused-ring (bicyclic) bond motifs is 1. The van der Waals surface area contributed by atoms with Crippen LogP contribution in [0.1, 0.15) is 10.6 Å². The maximum Gasteiger partial charge on any atom is 0.127 e. The minimum absolute atomic E-state index is 0.673. The lowest BCUT2D eigenvalue weighted by Gasteiger charge is -2.12. The molecule has 3 aromatic rings. The Morgan fingerprint density at radius 3 is 2.67 bits per heavy atom. The van der Waals surface area contributed by atoms with Gasteiger partial charge in [-0.15, -0.1) is 11.3 Å². The number of thiazole rings is 1. The van der Waals surface area contributed by atoms with Gasteiger partial charge < -0.3 is 10.1 Å². The molecule has 0 radical (unpaired) electrons. The molecule has 0 spiro atoms. The molecule has 1 heterocycles. The quantitative estimate of drug-likeness (QED) is 0.764. The molecule has 3 nitrogen and oxygen atoms in total. The highest BCUT2D eigenvalue weighted by Crippen LogP contribution is 2.31. The highest BCUT2D eigenvalue weighted by molar-refractivity contribution is 7.09. The Balaban J connectivity index is 1.80. The number of ether oxygens (including phenoxy) is 1. The highest BCUT2D eigenvalue weighted by Gasteiger charge is 2.07. The summed E-state index contributed by atoms with van der Waals surface area (Å²) in [5.41, 5.74) is 4.12. The summed E-state index contributed by atoms with van der Waals surface area (Å²) in [5, 5.41) is 5.55. The molecule has 21 heavy (non-hydrogen) atoms. The third-order valence-electron chi connectivity index (χ3n) is 3.58. The van der Waals surface area contributed by atoms with Crippen molar-refractivity contribution in [2.24, 2.45) is 0 Å². The first-order valence-electron chi connectivity index (χ1n) is 7.01. The van der Waals surface area contributed by atoms with Crippen molar-refractivity contribution < 1.29 is 4.74 Å². The average Bonchev–Trinajstić information content (AvgIpc) is 2.93. The minimum Gasteiger partial charge on any atom is -0.493 e. The summed E-state index contributed by atoms with van der Waals surface area (Å²) in [6, 6.07) is 12.4. The third kappa shape index (κ3) is 2.85. The van der Waals surface area contributed by atoms with Crippen LogP contribution in [0.5, 0.6) is 5.75 Å². The highest BCUT2D eigenvalue weighted by atomic mass is 32.1. The Hall–Kier alpha value is -2.07. The Labute approximate surface area is 128 Å². The molecule has 0 atom stereocenters. The summed E-state index contributed by atoms with van der Waals surface area (Å²) in [7, 11) is 1.94. The topological polar surface area (TPSA) is 34.1 Å². The number of nitrogens with one attached hydrogen (secondary N) is 1. The fraction of sp³-hybridized carbons (Fsp3) is 0.235. The summed E-state index contributed by atoms with van der Waals surface area (Å²) in [6.45, 7) is 2.72. The molecule has 0 aliphatic rings. The van der Waals surface area contributed by atoms with Crippen LogP contribution in [-0.4, -0.2) is 18.6 Å². The van der Waals surface area contributed by atoms with Crippen LogP contribution >= 0.6 is 11.3 Å². The summed E-state index contributed by atoms with van der Waals surface area (Å²) in [6.07, 6.45) is 0.901. The molecule has 2 aromatic carbocycles. The van der Waals surface area contributed by atoms with Crippen LogP contribution in [0.3, 0.4) is 0 Å². The number of hydrogen-bond acceptors (Lipinski definition) is 4. The summed E-state index contributed by atoms with van der Waals surface area (Å²) >= 11 is 1.69. The number of hydrogen-bond donors (Lipinski definition) is 1. The molecule has 1 aromatic heterocycles. The molecule has 4 heteroatoms. The largest absolute Gasteiger partial charge is 0.493 e. The Morgan fingerprint density at radius 1 is 1.14 bits per heavy atom. The van der Waals surface area contributed by atoms with E-state index in [0.717, 1.165) is 28.9 Å².